The quantitative estimate of drug-likeness (QED) is 0.202. The molecule has 2 heterocycles. The summed E-state index contributed by atoms with van der Waals surface area (Å²) < 4.78 is 0. The van der Waals surface area contributed by atoms with Crippen molar-refractivity contribution in [3.8, 4) is 0 Å². The average molecular weight is 543 g/mol. The Hall–Kier alpha value is -4.84. The van der Waals surface area contributed by atoms with Gasteiger partial charge in [0.25, 0.3) is 0 Å². The highest BCUT2D eigenvalue weighted by atomic mass is 15.2. The highest BCUT2D eigenvalue weighted by molar-refractivity contribution is 6.15. The summed E-state index contributed by atoms with van der Waals surface area (Å²) in [4.78, 5) is 14.1. The molecule has 41 heavy (non-hydrogen) atoms. The van der Waals surface area contributed by atoms with Gasteiger partial charge < -0.3 is 16.0 Å². The lowest BCUT2D eigenvalue weighted by molar-refractivity contribution is 0.691. The lowest BCUT2D eigenvalue weighted by Crippen LogP contribution is -2.37. The van der Waals surface area contributed by atoms with E-state index in [0.29, 0.717) is 19.4 Å². The van der Waals surface area contributed by atoms with Gasteiger partial charge in [-0.2, -0.15) is 0 Å². The predicted molar refractivity (Wildman–Crippen MR) is 172 cm³/mol. The van der Waals surface area contributed by atoms with Gasteiger partial charge in [0, 0.05) is 54.5 Å². The van der Waals surface area contributed by atoms with Crippen molar-refractivity contribution in [1.82, 2.24) is 15.6 Å². The van der Waals surface area contributed by atoms with Gasteiger partial charge in [-0.1, -0.05) is 86.0 Å². The van der Waals surface area contributed by atoms with Crippen molar-refractivity contribution in [2.45, 2.75) is 32.4 Å². The molecule has 2 aliphatic rings. The molecule has 2 atom stereocenters. The Labute approximate surface area is 243 Å². The molecular formula is C35H38N6. The number of benzene rings is 1. The largest absolute Gasteiger partial charge is 0.382 e. The molecule has 2 unspecified atom stereocenters. The van der Waals surface area contributed by atoms with Crippen molar-refractivity contribution in [1.29, 1.82) is 5.41 Å². The first-order valence-electron chi connectivity index (χ1n) is 13.9. The number of hydrogen-bond acceptors (Lipinski definition) is 6. The number of rotatable bonds is 12. The molecule has 0 saturated carbocycles. The smallest absolute Gasteiger partial charge is 0.147 e. The molecule has 1 aromatic carbocycles. The van der Waals surface area contributed by atoms with Gasteiger partial charge in [0.2, 0.25) is 0 Å². The van der Waals surface area contributed by atoms with E-state index < -0.39 is 0 Å². The van der Waals surface area contributed by atoms with Gasteiger partial charge >= 0.3 is 0 Å². The third kappa shape index (κ3) is 8.32. The van der Waals surface area contributed by atoms with Crippen LogP contribution in [0.1, 0.15) is 37.3 Å². The minimum absolute atomic E-state index is 0.222. The topological polar surface area (TPSA) is 85.5 Å². The number of aliphatic imine (C=N–C) groups is 2. The van der Waals surface area contributed by atoms with E-state index in [1.807, 2.05) is 37.3 Å². The van der Waals surface area contributed by atoms with Crippen LogP contribution in [0.15, 0.2) is 149 Å². The van der Waals surface area contributed by atoms with E-state index in [4.69, 9.17) is 15.4 Å². The molecule has 4 rings (SSSR count). The number of hydrogen-bond donors (Lipinski definition) is 3. The molecule has 2 aromatic rings. The Morgan fingerprint density at radius 3 is 2.49 bits per heavy atom. The summed E-state index contributed by atoms with van der Waals surface area (Å²) in [6.45, 7) is 10.4. The van der Waals surface area contributed by atoms with Crippen molar-refractivity contribution in [3.05, 3.63) is 150 Å². The summed E-state index contributed by atoms with van der Waals surface area (Å²) in [5, 5.41) is 14.2. The van der Waals surface area contributed by atoms with Gasteiger partial charge in [-0.3, -0.25) is 4.98 Å². The van der Waals surface area contributed by atoms with Crippen LogP contribution in [0, 0.1) is 11.3 Å². The fourth-order valence-electron chi connectivity index (χ4n) is 4.73. The summed E-state index contributed by atoms with van der Waals surface area (Å²) in [5.74, 6) is 1.83. The van der Waals surface area contributed by atoms with Crippen molar-refractivity contribution < 1.29 is 0 Å². The second-order valence-electron chi connectivity index (χ2n) is 9.71. The standard InChI is InChI=1S/C35H38N6/c1-4-10-27(32-15-14-28(20-24-38-26(3)5-2)31(25-32)13-9-21-36)16-17-33-39-34(29-11-7-6-8-12-29)41-35(40-33)30-18-22-37-23-19-30/h4-8,10-16,18-23,32-33,36,38H,2-3,9,17,24-25H2,1H3,(H,39,40,41)/b10-4-,27-16+,28-20-,31-13-,36-21?. The van der Waals surface area contributed by atoms with E-state index in [-0.39, 0.29) is 12.1 Å². The van der Waals surface area contributed by atoms with E-state index in [1.54, 1.807) is 18.5 Å². The molecular weight excluding hydrogens is 504 g/mol. The maximum absolute atomic E-state index is 7.55. The molecule has 0 radical (unpaired) electrons. The number of allylic oxidation sites excluding steroid dienone is 9. The first-order valence-corrected chi connectivity index (χ1v) is 13.9. The number of nitrogens with zero attached hydrogens (tertiary/aromatic N) is 3. The summed E-state index contributed by atoms with van der Waals surface area (Å²) in [6.07, 6.45) is 23.9. The van der Waals surface area contributed by atoms with Crippen LogP contribution >= 0.6 is 0 Å². The Kier molecular flexibility index (Phi) is 10.7. The zero-order valence-corrected chi connectivity index (χ0v) is 23.6. The maximum atomic E-state index is 7.55. The summed E-state index contributed by atoms with van der Waals surface area (Å²) in [7, 11) is 0. The van der Waals surface area contributed by atoms with Crippen LogP contribution in [0.3, 0.4) is 0 Å². The molecule has 0 fully saturated rings. The highest BCUT2D eigenvalue weighted by Crippen LogP contribution is 2.33. The fourth-order valence-corrected chi connectivity index (χ4v) is 4.73. The second kappa shape index (κ2) is 15.1. The number of nitrogens with one attached hydrogen (secondary N) is 3. The Bertz CT molecular complexity index is 1380. The molecule has 0 bridgehead atoms. The Morgan fingerprint density at radius 2 is 1.80 bits per heavy atom. The zero-order chi connectivity index (χ0) is 28.9. The summed E-state index contributed by atoms with van der Waals surface area (Å²) in [5.41, 5.74) is 6.46. The molecule has 1 aliphatic heterocycles. The first-order chi connectivity index (χ1) is 20.1. The monoisotopic (exact) mass is 542 g/mol. The molecule has 6 heteroatoms. The lowest BCUT2D eigenvalue weighted by atomic mass is 9.82. The normalized spacial score (nSPS) is 20.9. The molecule has 208 valence electrons. The van der Waals surface area contributed by atoms with Crippen LogP contribution in [0.5, 0.6) is 0 Å². The molecule has 0 saturated heterocycles. The van der Waals surface area contributed by atoms with Crippen molar-refractivity contribution in [2.75, 3.05) is 6.54 Å². The highest BCUT2D eigenvalue weighted by Gasteiger charge is 2.21. The summed E-state index contributed by atoms with van der Waals surface area (Å²) >= 11 is 0. The van der Waals surface area contributed by atoms with Crippen molar-refractivity contribution in [2.24, 2.45) is 15.9 Å². The third-order valence-electron chi connectivity index (χ3n) is 6.84. The maximum Gasteiger partial charge on any atom is 0.147 e. The van der Waals surface area contributed by atoms with Gasteiger partial charge in [0.15, 0.2) is 0 Å². The molecule has 0 spiro atoms. The summed E-state index contributed by atoms with van der Waals surface area (Å²) in [6, 6.07) is 14.1. The predicted octanol–water partition coefficient (Wildman–Crippen LogP) is 6.85. The van der Waals surface area contributed by atoms with Crippen LogP contribution in [0.4, 0.5) is 0 Å². The zero-order valence-electron chi connectivity index (χ0n) is 23.6. The van der Waals surface area contributed by atoms with Gasteiger partial charge in [0.1, 0.15) is 17.8 Å². The van der Waals surface area contributed by atoms with E-state index in [0.717, 1.165) is 34.9 Å². The van der Waals surface area contributed by atoms with Crippen molar-refractivity contribution in [3.63, 3.8) is 0 Å². The molecule has 1 aliphatic carbocycles. The number of amidine groups is 2. The lowest BCUT2D eigenvalue weighted by Gasteiger charge is -2.24. The minimum Gasteiger partial charge on any atom is -0.382 e. The number of pyridine rings is 1. The van der Waals surface area contributed by atoms with Gasteiger partial charge in [-0.25, -0.2) is 9.98 Å². The third-order valence-corrected chi connectivity index (χ3v) is 6.84. The van der Waals surface area contributed by atoms with Crippen LogP contribution in [-0.4, -0.2) is 35.6 Å². The van der Waals surface area contributed by atoms with Gasteiger partial charge in [-0.15, -0.1) is 0 Å². The SMILES string of the molecule is C=CC(=C)NC/C=C1/C=CC(C(/C=C\C)=C/CC2N=C(c3ccccc3)NC(c3ccncc3)=N2)C/C1=C/CC=N. The second-order valence-corrected chi connectivity index (χ2v) is 9.71. The molecule has 0 amide bonds. The van der Waals surface area contributed by atoms with Crippen molar-refractivity contribution >= 4 is 17.9 Å². The van der Waals surface area contributed by atoms with Crippen LogP contribution in [0.2, 0.25) is 0 Å². The van der Waals surface area contributed by atoms with Gasteiger partial charge in [-0.05, 0) is 54.5 Å². The van der Waals surface area contributed by atoms with Crippen LogP contribution in [0.25, 0.3) is 0 Å². The number of aromatic nitrogens is 1. The molecule has 1 aromatic heterocycles. The van der Waals surface area contributed by atoms with E-state index >= 15 is 0 Å². The minimum atomic E-state index is -0.255. The Morgan fingerprint density at radius 1 is 1.07 bits per heavy atom. The van der Waals surface area contributed by atoms with E-state index in [2.05, 4.69) is 83.4 Å². The molecule has 6 nitrogen and oxygen atoms in total. The van der Waals surface area contributed by atoms with Crippen LogP contribution in [-0.2, 0) is 0 Å². The molecule has 3 N–H and O–H groups in total. The first kappa shape index (κ1) is 29.2. The Balaban J connectivity index is 1.60. The van der Waals surface area contributed by atoms with Gasteiger partial charge in [0.05, 0.1) is 0 Å². The van der Waals surface area contributed by atoms with E-state index in [9.17, 15) is 0 Å². The average Bonchev–Trinajstić information content (AvgIpc) is 3.03. The fraction of sp³-hybridized carbons (Fsp3) is 0.200. The van der Waals surface area contributed by atoms with E-state index in [1.165, 1.54) is 22.9 Å². The van der Waals surface area contributed by atoms with Crippen LogP contribution < -0.4 is 10.6 Å².